The molecule has 0 fully saturated rings. The number of aryl methyl sites for hydroxylation is 1. The first kappa shape index (κ1) is 16.3. The van der Waals surface area contributed by atoms with Gasteiger partial charge < -0.3 is 9.73 Å². The third kappa shape index (κ3) is 3.43. The van der Waals surface area contributed by atoms with Crippen molar-refractivity contribution in [2.45, 2.75) is 13.5 Å². The van der Waals surface area contributed by atoms with Gasteiger partial charge in [-0.2, -0.15) is 16.4 Å². The van der Waals surface area contributed by atoms with Gasteiger partial charge in [0, 0.05) is 29.0 Å². The van der Waals surface area contributed by atoms with Crippen LogP contribution in [0.25, 0.3) is 11.5 Å². The summed E-state index contributed by atoms with van der Waals surface area (Å²) in [5.74, 6) is 1.21. The van der Waals surface area contributed by atoms with E-state index in [1.807, 2.05) is 54.2 Å². The first-order valence-corrected chi connectivity index (χ1v) is 9.01. The molecule has 1 amide bonds. The summed E-state index contributed by atoms with van der Waals surface area (Å²) in [6.45, 7) is 2.46. The molecule has 0 unspecified atom stereocenters. The number of aromatic nitrogens is 3. The van der Waals surface area contributed by atoms with E-state index in [1.54, 1.807) is 16.9 Å². The standard InChI is InChI=1S/C19H16N4O2S/c1-13-17(11-23-9-2-8-20-23)22-19(25-13)14-3-5-16(6-4-14)21-18(24)15-7-10-26-12-15/h2-10,12H,11H2,1H3,(H,21,24). The van der Waals surface area contributed by atoms with Crippen molar-refractivity contribution in [3.8, 4) is 11.5 Å². The van der Waals surface area contributed by atoms with Gasteiger partial charge in [-0.05, 0) is 48.7 Å². The third-order valence-electron chi connectivity index (χ3n) is 3.94. The summed E-state index contributed by atoms with van der Waals surface area (Å²) in [6.07, 6.45) is 3.62. The van der Waals surface area contributed by atoms with Gasteiger partial charge in [0.15, 0.2) is 0 Å². The molecule has 0 spiro atoms. The Morgan fingerprint density at radius 2 is 2.12 bits per heavy atom. The lowest BCUT2D eigenvalue weighted by Crippen LogP contribution is -2.10. The summed E-state index contributed by atoms with van der Waals surface area (Å²) < 4.78 is 7.59. The highest BCUT2D eigenvalue weighted by Gasteiger charge is 2.12. The fourth-order valence-electron chi connectivity index (χ4n) is 2.54. The lowest BCUT2D eigenvalue weighted by molar-refractivity contribution is 0.102. The molecule has 0 saturated heterocycles. The van der Waals surface area contributed by atoms with Crippen LogP contribution in [0.2, 0.25) is 0 Å². The predicted octanol–water partition coefficient (Wildman–Crippen LogP) is 4.21. The van der Waals surface area contributed by atoms with Crippen LogP contribution in [0.15, 0.2) is 64.0 Å². The summed E-state index contributed by atoms with van der Waals surface area (Å²) in [7, 11) is 0. The number of nitrogens with zero attached hydrogens (tertiary/aromatic N) is 3. The Morgan fingerprint density at radius 1 is 1.27 bits per heavy atom. The highest BCUT2D eigenvalue weighted by atomic mass is 32.1. The molecule has 7 heteroatoms. The van der Waals surface area contributed by atoms with E-state index in [4.69, 9.17) is 4.42 Å². The Labute approximate surface area is 154 Å². The monoisotopic (exact) mass is 364 g/mol. The number of hydrogen-bond donors (Lipinski definition) is 1. The normalized spacial score (nSPS) is 10.8. The predicted molar refractivity (Wildman–Crippen MR) is 100 cm³/mol. The summed E-state index contributed by atoms with van der Waals surface area (Å²) in [4.78, 5) is 16.7. The molecule has 1 N–H and O–H groups in total. The topological polar surface area (TPSA) is 73.0 Å². The molecule has 3 aromatic heterocycles. The van der Waals surface area contributed by atoms with E-state index in [1.165, 1.54) is 11.3 Å². The van der Waals surface area contributed by atoms with Gasteiger partial charge >= 0.3 is 0 Å². The second-order valence-corrected chi connectivity index (χ2v) is 6.55. The molecule has 0 saturated carbocycles. The van der Waals surface area contributed by atoms with Crippen LogP contribution in [0.1, 0.15) is 21.8 Å². The maximum absolute atomic E-state index is 12.1. The lowest BCUT2D eigenvalue weighted by atomic mass is 10.2. The molecule has 0 aliphatic heterocycles. The van der Waals surface area contributed by atoms with E-state index in [0.29, 0.717) is 18.0 Å². The maximum Gasteiger partial charge on any atom is 0.256 e. The van der Waals surface area contributed by atoms with Gasteiger partial charge in [0.25, 0.3) is 5.91 Å². The van der Waals surface area contributed by atoms with Crippen LogP contribution >= 0.6 is 11.3 Å². The minimum absolute atomic E-state index is 0.118. The average molecular weight is 364 g/mol. The SMILES string of the molecule is Cc1oc(-c2ccc(NC(=O)c3ccsc3)cc2)nc1Cn1cccn1. The molecule has 4 rings (SSSR count). The minimum atomic E-state index is -0.118. The van der Waals surface area contributed by atoms with Gasteiger partial charge in [0.05, 0.1) is 12.1 Å². The Hall–Kier alpha value is -3.19. The number of carbonyl (C=O) groups is 1. The number of benzene rings is 1. The zero-order valence-electron chi connectivity index (χ0n) is 14.0. The molecule has 0 radical (unpaired) electrons. The minimum Gasteiger partial charge on any atom is -0.441 e. The molecule has 3 heterocycles. The highest BCUT2D eigenvalue weighted by molar-refractivity contribution is 7.08. The van der Waals surface area contributed by atoms with E-state index in [9.17, 15) is 4.79 Å². The summed E-state index contributed by atoms with van der Waals surface area (Å²) in [5, 5.41) is 10.8. The fourth-order valence-corrected chi connectivity index (χ4v) is 3.17. The zero-order valence-corrected chi connectivity index (χ0v) is 14.9. The number of rotatable bonds is 5. The number of amides is 1. The van der Waals surface area contributed by atoms with Crippen molar-refractivity contribution in [1.29, 1.82) is 0 Å². The van der Waals surface area contributed by atoms with Crippen LogP contribution in [0, 0.1) is 6.92 Å². The largest absolute Gasteiger partial charge is 0.441 e. The number of oxazole rings is 1. The second kappa shape index (κ2) is 6.97. The number of carbonyl (C=O) groups excluding carboxylic acids is 1. The number of hydrogen-bond acceptors (Lipinski definition) is 5. The maximum atomic E-state index is 12.1. The molecule has 1 aromatic carbocycles. The van der Waals surface area contributed by atoms with Crippen molar-refractivity contribution in [3.05, 3.63) is 76.6 Å². The zero-order chi connectivity index (χ0) is 17.9. The van der Waals surface area contributed by atoms with Crippen molar-refractivity contribution in [2.24, 2.45) is 0 Å². The van der Waals surface area contributed by atoms with Gasteiger partial charge in [-0.3, -0.25) is 9.48 Å². The van der Waals surface area contributed by atoms with Crippen molar-refractivity contribution in [1.82, 2.24) is 14.8 Å². The Kier molecular flexibility index (Phi) is 4.37. The van der Waals surface area contributed by atoms with E-state index in [-0.39, 0.29) is 5.91 Å². The molecule has 0 bridgehead atoms. The van der Waals surface area contributed by atoms with Crippen LogP contribution in [-0.2, 0) is 6.54 Å². The summed E-state index contributed by atoms with van der Waals surface area (Å²) >= 11 is 1.50. The van der Waals surface area contributed by atoms with Crippen LogP contribution in [-0.4, -0.2) is 20.7 Å². The van der Waals surface area contributed by atoms with Gasteiger partial charge in [-0.1, -0.05) is 0 Å². The third-order valence-corrected chi connectivity index (χ3v) is 4.62. The van der Waals surface area contributed by atoms with Crippen LogP contribution in [0.5, 0.6) is 0 Å². The summed E-state index contributed by atoms with van der Waals surface area (Å²) in [6, 6.07) is 11.1. The number of nitrogens with one attached hydrogen (secondary N) is 1. The first-order valence-electron chi connectivity index (χ1n) is 8.07. The molecule has 130 valence electrons. The van der Waals surface area contributed by atoms with Crippen molar-refractivity contribution >= 4 is 22.9 Å². The Bertz CT molecular complexity index is 1000. The van der Waals surface area contributed by atoms with Crippen LogP contribution in [0.3, 0.4) is 0 Å². The molecular weight excluding hydrogens is 348 g/mol. The average Bonchev–Trinajstić information content (AvgIpc) is 3.39. The quantitative estimate of drug-likeness (QED) is 0.576. The Balaban J connectivity index is 1.49. The van der Waals surface area contributed by atoms with Crippen molar-refractivity contribution in [3.63, 3.8) is 0 Å². The van der Waals surface area contributed by atoms with Gasteiger partial charge in [0.1, 0.15) is 11.5 Å². The number of thiophene rings is 1. The molecule has 0 aliphatic rings. The molecular formula is C19H16N4O2S. The Morgan fingerprint density at radius 3 is 2.81 bits per heavy atom. The smallest absolute Gasteiger partial charge is 0.256 e. The summed E-state index contributed by atoms with van der Waals surface area (Å²) in [5.41, 5.74) is 3.09. The molecule has 0 aliphatic carbocycles. The lowest BCUT2D eigenvalue weighted by Gasteiger charge is -2.04. The second-order valence-electron chi connectivity index (χ2n) is 5.77. The molecule has 4 aromatic rings. The fraction of sp³-hybridized carbons (Fsp3) is 0.105. The van der Waals surface area contributed by atoms with Gasteiger partial charge in [-0.25, -0.2) is 4.98 Å². The van der Waals surface area contributed by atoms with E-state index in [2.05, 4.69) is 15.4 Å². The molecule has 6 nitrogen and oxygen atoms in total. The van der Waals surface area contributed by atoms with Crippen LogP contribution in [0.4, 0.5) is 5.69 Å². The number of anilines is 1. The van der Waals surface area contributed by atoms with Crippen LogP contribution < -0.4 is 5.32 Å². The molecule has 26 heavy (non-hydrogen) atoms. The first-order chi connectivity index (χ1) is 12.7. The van der Waals surface area contributed by atoms with E-state index in [0.717, 1.165) is 22.7 Å². The van der Waals surface area contributed by atoms with Gasteiger partial charge in [-0.15, -0.1) is 0 Å². The van der Waals surface area contributed by atoms with Crippen molar-refractivity contribution < 1.29 is 9.21 Å². The van der Waals surface area contributed by atoms with Crippen molar-refractivity contribution in [2.75, 3.05) is 5.32 Å². The highest BCUT2D eigenvalue weighted by Crippen LogP contribution is 2.24. The van der Waals surface area contributed by atoms with Gasteiger partial charge in [0.2, 0.25) is 5.89 Å². The van der Waals surface area contributed by atoms with E-state index < -0.39 is 0 Å². The van der Waals surface area contributed by atoms with E-state index >= 15 is 0 Å². The molecule has 0 atom stereocenters.